The minimum absolute atomic E-state index is 0.416. The molecule has 0 bridgehead atoms. The van der Waals surface area contributed by atoms with Crippen LogP contribution in [0.4, 0.5) is 0 Å². The lowest BCUT2D eigenvalue weighted by Gasteiger charge is -2.16. The Bertz CT molecular complexity index is 587. The lowest BCUT2D eigenvalue weighted by molar-refractivity contribution is 0.203. The molecule has 0 aliphatic carbocycles. The van der Waals surface area contributed by atoms with Crippen molar-refractivity contribution in [1.82, 2.24) is 0 Å². The molecule has 106 valence electrons. The molecular formula is C18H22OS. The van der Waals surface area contributed by atoms with Gasteiger partial charge in [-0.25, -0.2) is 0 Å². The molecule has 1 nitrogen and oxygen atoms in total. The largest absolute Gasteiger partial charge is 0.388 e. The van der Waals surface area contributed by atoms with E-state index in [-0.39, 0.29) is 0 Å². The number of hydrogen-bond donors (Lipinski definition) is 1. The molecule has 2 aromatic rings. The molecule has 1 N–H and O–H groups in total. The highest BCUT2D eigenvalue weighted by atomic mass is 32.2. The Labute approximate surface area is 126 Å². The van der Waals surface area contributed by atoms with Crippen molar-refractivity contribution < 1.29 is 5.11 Å². The zero-order valence-corrected chi connectivity index (χ0v) is 13.4. The van der Waals surface area contributed by atoms with Gasteiger partial charge in [-0.2, -0.15) is 0 Å². The van der Waals surface area contributed by atoms with Gasteiger partial charge in [0.25, 0.3) is 0 Å². The maximum atomic E-state index is 10.4. The van der Waals surface area contributed by atoms with Gasteiger partial charge in [0, 0.05) is 10.6 Å². The summed E-state index contributed by atoms with van der Waals surface area (Å²) in [6.07, 6.45) is -0.416. The second-order valence-corrected chi connectivity index (χ2v) is 6.53. The van der Waals surface area contributed by atoms with Crippen molar-refractivity contribution in [3.05, 3.63) is 64.2 Å². The van der Waals surface area contributed by atoms with Crippen LogP contribution >= 0.6 is 11.8 Å². The van der Waals surface area contributed by atoms with Crippen LogP contribution in [-0.2, 0) is 0 Å². The standard InChI is InChI=1S/C18H22OS/c1-12-5-7-16(8-6-12)20-11-18(19)17-10-14(3)13(2)9-15(17)4/h5-10,18-19H,11H2,1-4H3. The topological polar surface area (TPSA) is 20.2 Å². The van der Waals surface area contributed by atoms with E-state index >= 15 is 0 Å². The molecule has 0 saturated heterocycles. The van der Waals surface area contributed by atoms with Gasteiger partial charge in [0.2, 0.25) is 0 Å². The van der Waals surface area contributed by atoms with Crippen LogP contribution < -0.4 is 0 Å². The van der Waals surface area contributed by atoms with Crippen molar-refractivity contribution >= 4 is 11.8 Å². The molecule has 0 spiro atoms. The smallest absolute Gasteiger partial charge is 0.0886 e. The summed E-state index contributed by atoms with van der Waals surface area (Å²) in [7, 11) is 0. The normalized spacial score (nSPS) is 12.4. The molecule has 0 saturated carbocycles. The zero-order chi connectivity index (χ0) is 14.7. The van der Waals surface area contributed by atoms with Gasteiger partial charge in [0.05, 0.1) is 6.10 Å². The Morgan fingerprint density at radius 3 is 2.15 bits per heavy atom. The third kappa shape index (κ3) is 3.65. The first-order chi connectivity index (χ1) is 9.47. The van der Waals surface area contributed by atoms with E-state index < -0.39 is 6.10 Å². The van der Waals surface area contributed by atoms with Gasteiger partial charge < -0.3 is 5.11 Å². The Morgan fingerprint density at radius 2 is 1.50 bits per heavy atom. The molecule has 2 aromatic carbocycles. The van der Waals surface area contributed by atoms with Gasteiger partial charge >= 0.3 is 0 Å². The highest BCUT2D eigenvalue weighted by Gasteiger charge is 2.12. The first-order valence-corrected chi connectivity index (χ1v) is 7.91. The number of rotatable bonds is 4. The van der Waals surface area contributed by atoms with Crippen molar-refractivity contribution in [1.29, 1.82) is 0 Å². The van der Waals surface area contributed by atoms with Gasteiger partial charge in [0.15, 0.2) is 0 Å². The molecule has 0 fully saturated rings. The van der Waals surface area contributed by atoms with E-state index in [2.05, 4.69) is 64.1 Å². The summed E-state index contributed by atoms with van der Waals surface area (Å²) < 4.78 is 0. The average molecular weight is 286 g/mol. The van der Waals surface area contributed by atoms with E-state index in [1.807, 2.05) is 0 Å². The molecule has 0 aliphatic rings. The molecule has 0 amide bonds. The summed E-state index contributed by atoms with van der Waals surface area (Å²) >= 11 is 1.70. The van der Waals surface area contributed by atoms with E-state index in [9.17, 15) is 5.11 Å². The third-order valence-electron chi connectivity index (χ3n) is 3.67. The van der Waals surface area contributed by atoms with Gasteiger partial charge in [0.1, 0.15) is 0 Å². The highest BCUT2D eigenvalue weighted by molar-refractivity contribution is 7.99. The van der Waals surface area contributed by atoms with Crippen molar-refractivity contribution in [3.63, 3.8) is 0 Å². The number of hydrogen-bond acceptors (Lipinski definition) is 2. The van der Waals surface area contributed by atoms with Crippen molar-refractivity contribution in [2.75, 3.05) is 5.75 Å². The number of benzene rings is 2. The molecule has 0 heterocycles. The quantitative estimate of drug-likeness (QED) is 0.819. The maximum Gasteiger partial charge on any atom is 0.0886 e. The summed E-state index contributed by atoms with van der Waals surface area (Å²) in [6.45, 7) is 8.36. The number of aliphatic hydroxyl groups excluding tert-OH is 1. The summed E-state index contributed by atoms with van der Waals surface area (Å²) in [6, 6.07) is 12.7. The minimum atomic E-state index is -0.416. The van der Waals surface area contributed by atoms with E-state index in [4.69, 9.17) is 0 Å². The van der Waals surface area contributed by atoms with Gasteiger partial charge in [-0.3, -0.25) is 0 Å². The van der Waals surface area contributed by atoms with Crippen LogP contribution in [0.3, 0.4) is 0 Å². The number of thioether (sulfide) groups is 1. The lowest BCUT2D eigenvalue weighted by Crippen LogP contribution is -2.04. The molecule has 0 aromatic heterocycles. The first-order valence-electron chi connectivity index (χ1n) is 6.92. The Balaban J connectivity index is 2.06. The Morgan fingerprint density at radius 1 is 0.900 bits per heavy atom. The van der Waals surface area contributed by atoms with Crippen LogP contribution in [0, 0.1) is 27.7 Å². The second-order valence-electron chi connectivity index (χ2n) is 5.43. The van der Waals surface area contributed by atoms with Crippen LogP contribution in [0.2, 0.25) is 0 Å². The summed E-state index contributed by atoms with van der Waals surface area (Å²) in [5, 5.41) is 10.4. The van der Waals surface area contributed by atoms with Crippen LogP contribution in [0.25, 0.3) is 0 Å². The predicted octanol–water partition coefficient (Wildman–Crippen LogP) is 4.75. The predicted molar refractivity (Wildman–Crippen MR) is 87.5 cm³/mol. The zero-order valence-electron chi connectivity index (χ0n) is 12.6. The summed E-state index contributed by atoms with van der Waals surface area (Å²) in [5.74, 6) is 0.687. The van der Waals surface area contributed by atoms with Gasteiger partial charge in [-0.1, -0.05) is 29.8 Å². The van der Waals surface area contributed by atoms with E-state index in [0.29, 0.717) is 5.75 Å². The number of aryl methyl sites for hydroxylation is 4. The van der Waals surface area contributed by atoms with E-state index in [1.54, 1.807) is 11.8 Å². The highest BCUT2D eigenvalue weighted by Crippen LogP contribution is 2.28. The Hall–Kier alpha value is -1.25. The fraction of sp³-hybridized carbons (Fsp3) is 0.333. The summed E-state index contributed by atoms with van der Waals surface area (Å²) in [4.78, 5) is 1.20. The van der Waals surface area contributed by atoms with Crippen LogP contribution in [0.5, 0.6) is 0 Å². The molecule has 0 aliphatic heterocycles. The maximum absolute atomic E-state index is 10.4. The van der Waals surface area contributed by atoms with Crippen LogP contribution in [0.1, 0.15) is 33.9 Å². The molecular weight excluding hydrogens is 264 g/mol. The fourth-order valence-corrected chi connectivity index (χ4v) is 3.10. The number of aliphatic hydroxyl groups is 1. The van der Waals surface area contributed by atoms with Crippen molar-refractivity contribution in [3.8, 4) is 0 Å². The molecule has 1 unspecified atom stereocenters. The molecule has 2 heteroatoms. The molecule has 2 rings (SSSR count). The minimum Gasteiger partial charge on any atom is -0.388 e. The Kier molecular flexibility index (Phi) is 4.90. The lowest BCUT2D eigenvalue weighted by atomic mass is 9.98. The average Bonchev–Trinajstić information content (AvgIpc) is 2.42. The SMILES string of the molecule is Cc1ccc(SCC(O)c2cc(C)c(C)cc2C)cc1. The molecule has 1 atom stereocenters. The van der Waals surface area contributed by atoms with E-state index in [0.717, 1.165) is 5.56 Å². The van der Waals surface area contributed by atoms with Gasteiger partial charge in [-0.15, -0.1) is 11.8 Å². The van der Waals surface area contributed by atoms with Crippen LogP contribution in [-0.4, -0.2) is 10.9 Å². The first kappa shape index (κ1) is 15.1. The third-order valence-corrected chi connectivity index (χ3v) is 4.76. The van der Waals surface area contributed by atoms with Crippen molar-refractivity contribution in [2.45, 2.75) is 38.7 Å². The van der Waals surface area contributed by atoms with Gasteiger partial charge in [-0.05, 0) is 62.1 Å². The van der Waals surface area contributed by atoms with Crippen molar-refractivity contribution in [2.24, 2.45) is 0 Å². The second kappa shape index (κ2) is 6.47. The summed E-state index contributed by atoms with van der Waals surface area (Å²) in [5.41, 5.74) is 6.01. The van der Waals surface area contributed by atoms with E-state index in [1.165, 1.54) is 27.1 Å². The van der Waals surface area contributed by atoms with Crippen LogP contribution in [0.15, 0.2) is 41.3 Å². The molecule has 0 radical (unpaired) electrons. The molecule has 20 heavy (non-hydrogen) atoms. The fourth-order valence-electron chi connectivity index (χ4n) is 2.24. The monoisotopic (exact) mass is 286 g/mol.